The molecule has 0 saturated carbocycles. The van der Waals surface area contributed by atoms with Gasteiger partial charge in [-0.05, 0) is 23.8 Å². The summed E-state index contributed by atoms with van der Waals surface area (Å²) in [5, 5.41) is 0. The molecular formula is C19H16N2O3. The van der Waals surface area contributed by atoms with Crippen molar-refractivity contribution in [1.82, 2.24) is 9.55 Å². The number of para-hydroxylation sites is 1. The monoisotopic (exact) mass is 320 g/mol. The van der Waals surface area contributed by atoms with Crippen molar-refractivity contribution in [3.8, 4) is 5.69 Å². The maximum atomic E-state index is 11.5. The van der Waals surface area contributed by atoms with Crippen LogP contribution < -0.4 is 0 Å². The van der Waals surface area contributed by atoms with E-state index in [1.165, 1.54) is 7.11 Å². The Kier molecular flexibility index (Phi) is 3.63. The highest BCUT2D eigenvalue weighted by Gasteiger charge is 2.29. The number of carbonyl (C=O) groups is 1. The van der Waals surface area contributed by atoms with Crippen molar-refractivity contribution in [2.24, 2.45) is 0 Å². The molecule has 0 N–H and O–H groups in total. The fraction of sp³-hybridized carbons (Fsp3) is 0.158. The number of aromatic nitrogens is 2. The van der Waals surface area contributed by atoms with Gasteiger partial charge in [-0.15, -0.1) is 0 Å². The second-order valence-electron chi connectivity index (χ2n) is 5.63. The van der Waals surface area contributed by atoms with E-state index in [4.69, 9.17) is 9.47 Å². The summed E-state index contributed by atoms with van der Waals surface area (Å²) in [6.07, 6.45) is 3.51. The van der Waals surface area contributed by atoms with Crippen LogP contribution in [0.2, 0.25) is 0 Å². The number of imidazole rings is 1. The van der Waals surface area contributed by atoms with E-state index in [-0.39, 0.29) is 12.1 Å². The van der Waals surface area contributed by atoms with Crippen molar-refractivity contribution < 1.29 is 14.3 Å². The van der Waals surface area contributed by atoms with Crippen LogP contribution in [0.5, 0.6) is 0 Å². The van der Waals surface area contributed by atoms with E-state index < -0.39 is 0 Å². The average Bonchev–Trinajstić information content (AvgIpc) is 3.21. The zero-order chi connectivity index (χ0) is 16.5. The average molecular weight is 320 g/mol. The maximum Gasteiger partial charge on any atom is 0.337 e. The summed E-state index contributed by atoms with van der Waals surface area (Å²) in [4.78, 5) is 15.7. The van der Waals surface area contributed by atoms with E-state index in [1.54, 1.807) is 12.1 Å². The Hall–Kier alpha value is -2.92. The largest absolute Gasteiger partial charge is 0.465 e. The van der Waals surface area contributed by atoms with E-state index >= 15 is 0 Å². The SMILES string of the molecule is COC(=O)c1ccc(COC2c3ccccc3-n3cncc32)cc1. The number of benzene rings is 2. The number of hydrogen-bond donors (Lipinski definition) is 0. The zero-order valence-corrected chi connectivity index (χ0v) is 13.2. The number of methoxy groups -OCH3 is 1. The van der Waals surface area contributed by atoms with Crippen LogP contribution in [0.3, 0.4) is 0 Å². The van der Waals surface area contributed by atoms with Gasteiger partial charge in [0.2, 0.25) is 0 Å². The molecule has 1 atom stereocenters. The highest BCUT2D eigenvalue weighted by molar-refractivity contribution is 5.89. The molecule has 0 aliphatic carbocycles. The number of ether oxygens (including phenoxy) is 2. The Morgan fingerprint density at radius 1 is 1.17 bits per heavy atom. The molecule has 2 aromatic carbocycles. The standard InChI is InChI=1S/C19H16N2O3/c1-23-19(22)14-8-6-13(7-9-14)11-24-18-15-4-2-3-5-16(15)21-12-20-10-17(18)21/h2-10,12,18H,11H2,1H3. The summed E-state index contributed by atoms with van der Waals surface area (Å²) >= 11 is 0. The fourth-order valence-corrected chi connectivity index (χ4v) is 3.00. The Balaban J connectivity index is 1.53. The Labute approximate surface area is 139 Å². The Bertz CT molecular complexity index is 884. The summed E-state index contributed by atoms with van der Waals surface area (Å²) in [5.41, 5.74) is 4.81. The Morgan fingerprint density at radius 3 is 2.75 bits per heavy atom. The van der Waals surface area contributed by atoms with Crippen LogP contribution in [-0.2, 0) is 16.1 Å². The lowest BCUT2D eigenvalue weighted by atomic mass is 10.1. The first-order chi connectivity index (χ1) is 11.8. The van der Waals surface area contributed by atoms with Gasteiger partial charge in [0.1, 0.15) is 6.10 Å². The van der Waals surface area contributed by atoms with Crippen LogP contribution in [0.4, 0.5) is 0 Å². The fourth-order valence-electron chi connectivity index (χ4n) is 3.00. The topological polar surface area (TPSA) is 53.4 Å². The van der Waals surface area contributed by atoms with Gasteiger partial charge in [0.25, 0.3) is 0 Å². The number of carbonyl (C=O) groups excluding carboxylic acids is 1. The second-order valence-corrected chi connectivity index (χ2v) is 5.63. The van der Waals surface area contributed by atoms with Crippen molar-refractivity contribution in [2.75, 3.05) is 7.11 Å². The highest BCUT2D eigenvalue weighted by Crippen LogP contribution is 2.38. The van der Waals surface area contributed by atoms with Crippen LogP contribution in [0, 0.1) is 0 Å². The molecule has 2 heterocycles. The van der Waals surface area contributed by atoms with E-state index in [0.717, 1.165) is 22.5 Å². The van der Waals surface area contributed by atoms with Crippen LogP contribution in [-0.4, -0.2) is 22.6 Å². The van der Waals surface area contributed by atoms with E-state index in [1.807, 2.05) is 36.8 Å². The van der Waals surface area contributed by atoms with Gasteiger partial charge < -0.3 is 9.47 Å². The molecule has 0 amide bonds. The number of nitrogens with zero attached hydrogens (tertiary/aromatic N) is 2. The zero-order valence-electron chi connectivity index (χ0n) is 13.2. The minimum Gasteiger partial charge on any atom is -0.465 e. The molecule has 0 spiro atoms. The molecule has 4 rings (SSSR count). The molecule has 0 radical (unpaired) electrons. The molecule has 0 fully saturated rings. The van der Waals surface area contributed by atoms with Crippen molar-refractivity contribution >= 4 is 5.97 Å². The minimum atomic E-state index is -0.337. The molecule has 1 aromatic heterocycles. The molecule has 120 valence electrons. The second kappa shape index (κ2) is 5.94. The van der Waals surface area contributed by atoms with Gasteiger partial charge in [-0.1, -0.05) is 30.3 Å². The van der Waals surface area contributed by atoms with E-state index in [2.05, 4.69) is 21.7 Å². The van der Waals surface area contributed by atoms with Crippen LogP contribution in [0.15, 0.2) is 61.1 Å². The van der Waals surface area contributed by atoms with E-state index in [9.17, 15) is 4.79 Å². The quantitative estimate of drug-likeness (QED) is 0.692. The maximum absolute atomic E-state index is 11.5. The molecule has 1 aliphatic rings. The smallest absolute Gasteiger partial charge is 0.337 e. The third-order valence-electron chi connectivity index (χ3n) is 4.21. The van der Waals surface area contributed by atoms with Crippen molar-refractivity contribution in [3.05, 3.63) is 83.4 Å². The lowest BCUT2D eigenvalue weighted by molar-refractivity contribution is 0.0599. The van der Waals surface area contributed by atoms with Crippen LogP contribution in [0.25, 0.3) is 5.69 Å². The summed E-state index contributed by atoms with van der Waals surface area (Å²) in [5.74, 6) is -0.337. The number of rotatable bonds is 4. The third-order valence-corrected chi connectivity index (χ3v) is 4.21. The van der Waals surface area contributed by atoms with Gasteiger partial charge in [-0.2, -0.15) is 0 Å². The van der Waals surface area contributed by atoms with Gasteiger partial charge in [0.05, 0.1) is 43.2 Å². The molecule has 1 unspecified atom stereocenters. The molecular weight excluding hydrogens is 304 g/mol. The summed E-state index contributed by atoms with van der Waals surface area (Å²) < 4.78 is 12.9. The number of hydrogen-bond acceptors (Lipinski definition) is 4. The van der Waals surface area contributed by atoms with Crippen molar-refractivity contribution in [1.29, 1.82) is 0 Å². The number of esters is 1. The molecule has 24 heavy (non-hydrogen) atoms. The highest BCUT2D eigenvalue weighted by atomic mass is 16.5. The molecule has 5 nitrogen and oxygen atoms in total. The first kappa shape index (κ1) is 14.7. The summed E-state index contributed by atoms with van der Waals surface area (Å²) in [6, 6.07) is 15.4. The van der Waals surface area contributed by atoms with E-state index in [0.29, 0.717) is 12.2 Å². The predicted molar refractivity (Wildman–Crippen MR) is 88.0 cm³/mol. The summed E-state index contributed by atoms with van der Waals surface area (Å²) in [6.45, 7) is 0.450. The Morgan fingerprint density at radius 2 is 1.96 bits per heavy atom. The number of fused-ring (bicyclic) bond motifs is 3. The molecule has 1 aliphatic heterocycles. The van der Waals surface area contributed by atoms with Gasteiger partial charge >= 0.3 is 5.97 Å². The van der Waals surface area contributed by atoms with Gasteiger partial charge in [0.15, 0.2) is 0 Å². The molecule has 0 saturated heterocycles. The first-order valence-electron chi connectivity index (χ1n) is 7.68. The minimum absolute atomic E-state index is 0.135. The van der Waals surface area contributed by atoms with Crippen molar-refractivity contribution in [2.45, 2.75) is 12.7 Å². The predicted octanol–water partition coefficient (Wildman–Crippen LogP) is 3.28. The normalized spacial score (nSPS) is 15.0. The lowest BCUT2D eigenvalue weighted by Gasteiger charge is -2.13. The van der Waals surface area contributed by atoms with Crippen LogP contribution in [0.1, 0.15) is 33.3 Å². The third kappa shape index (κ3) is 2.39. The van der Waals surface area contributed by atoms with Crippen LogP contribution >= 0.6 is 0 Å². The molecule has 3 aromatic rings. The van der Waals surface area contributed by atoms with Gasteiger partial charge in [0, 0.05) is 5.56 Å². The van der Waals surface area contributed by atoms with Gasteiger partial charge in [-0.25, -0.2) is 9.78 Å². The first-order valence-corrected chi connectivity index (χ1v) is 7.68. The van der Waals surface area contributed by atoms with Crippen molar-refractivity contribution in [3.63, 3.8) is 0 Å². The lowest BCUT2D eigenvalue weighted by Crippen LogP contribution is -2.04. The molecule has 5 heteroatoms. The molecule has 0 bridgehead atoms. The van der Waals surface area contributed by atoms with Gasteiger partial charge in [-0.3, -0.25) is 4.57 Å². The summed E-state index contributed by atoms with van der Waals surface area (Å²) in [7, 11) is 1.38.